The van der Waals surface area contributed by atoms with Crippen molar-refractivity contribution in [2.75, 3.05) is 26.3 Å². The highest BCUT2D eigenvalue weighted by Crippen LogP contribution is 2.26. The number of carbonyl (C=O) groups is 1. The molecule has 25 heavy (non-hydrogen) atoms. The lowest BCUT2D eigenvalue weighted by atomic mass is 10.0. The van der Waals surface area contributed by atoms with Gasteiger partial charge < -0.3 is 9.64 Å². The zero-order chi connectivity index (χ0) is 17.4. The van der Waals surface area contributed by atoms with Gasteiger partial charge in [-0.3, -0.25) is 9.48 Å². The number of carbonyl (C=O) groups excluding carboxylic acids is 1. The fourth-order valence-corrected chi connectivity index (χ4v) is 3.10. The van der Waals surface area contributed by atoms with Crippen molar-refractivity contribution >= 4 is 16.9 Å². The van der Waals surface area contributed by atoms with Crippen LogP contribution in [-0.4, -0.2) is 51.9 Å². The third-order valence-corrected chi connectivity index (χ3v) is 4.58. The Hall–Kier alpha value is -2.73. The highest BCUT2D eigenvalue weighted by atomic mass is 16.5. The molecule has 1 aliphatic rings. The molecule has 0 bridgehead atoms. The van der Waals surface area contributed by atoms with Gasteiger partial charge in [-0.1, -0.05) is 29.8 Å². The van der Waals surface area contributed by atoms with E-state index in [0.717, 1.165) is 22.3 Å². The van der Waals surface area contributed by atoms with Crippen molar-refractivity contribution in [2.24, 2.45) is 7.05 Å². The lowest BCUT2D eigenvalue weighted by molar-refractivity contribution is 0.0304. The Morgan fingerprint density at radius 1 is 1.16 bits per heavy atom. The Morgan fingerprint density at radius 3 is 2.60 bits per heavy atom. The largest absolute Gasteiger partial charge is 0.378 e. The minimum absolute atomic E-state index is 0.0112. The molecule has 6 heteroatoms. The summed E-state index contributed by atoms with van der Waals surface area (Å²) in [6, 6.07) is 10.0. The average molecular weight is 336 g/mol. The molecule has 0 saturated carbocycles. The second kappa shape index (κ2) is 6.29. The predicted molar refractivity (Wildman–Crippen MR) is 95.4 cm³/mol. The smallest absolute Gasteiger partial charge is 0.254 e. The molecular weight excluding hydrogens is 316 g/mol. The number of morpholine rings is 1. The highest BCUT2D eigenvalue weighted by molar-refractivity contribution is 6.06. The van der Waals surface area contributed by atoms with Crippen LogP contribution in [0.3, 0.4) is 0 Å². The maximum Gasteiger partial charge on any atom is 0.254 e. The van der Waals surface area contributed by atoms with Crippen LogP contribution >= 0.6 is 0 Å². The molecule has 0 spiro atoms. The van der Waals surface area contributed by atoms with Crippen molar-refractivity contribution in [3.05, 3.63) is 47.7 Å². The number of rotatable bonds is 2. The lowest BCUT2D eigenvalue weighted by Gasteiger charge is -2.27. The van der Waals surface area contributed by atoms with E-state index in [1.807, 2.05) is 42.3 Å². The summed E-state index contributed by atoms with van der Waals surface area (Å²) in [7, 11) is 1.84. The van der Waals surface area contributed by atoms with Crippen molar-refractivity contribution in [2.45, 2.75) is 6.92 Å². The van der Waals surface area contributed by atoms with Crippen LogP contribution in [0.2, 0.25) is 0 Å². The topological polar surface area (TPSA) is 60.3 Å². The molecule has 1 aliphatic heterocycles. The van der Waals surface area contributed by atoms with E-state index in [1.54, 1.807) is 10.9 Å². The molecule has 6 nitrogen and oxygen atoms in total. The van der Waals surface area contributed by atoms with Gasteiger partial charge in [-0.25, -0.2) is 4.98 Å². The molecule has 0 N–H and O–H groups in total. The van der Waals surface area contributed by atoms with Crippen LogP contribution in [0.4, 0.5) is 0 Å². The molecule has 4 rings (SSSR count). The SMILES string of the molecule is Cc1ccc(-c2cc(C(=O)N3CCOCC3)c3cnn(C)c3n2)cc1. The lowest BCUT2D eigenvalue weighted by Crippen LogP contribution is -2.40. The average Bonchev–Trinajstić information content (AvgIpc) is 3.03. The van der Waals surface area contributed by atoms with Crippen LogP contribution in [0.1, 0.15) is 15.9 Å². The number of benzene rings is 1. The summed E-state index contributed by atoms with van der Waals surface area (Å²) in [5.74, 6) is 0.0112. The number of ether oxygens (including phenoxy) is 1. The molecule has 3 aromatic rings. The number of pyridine rings is 1. The van der Waals surface area contributed by atoms with Crippen LogP contribution in [0, 0.1) is 6.92 Å². The van der Waals surface area contributed by atoms with Crippen molar-refractivity contribution in [1.82, 2.24) is 19.7 Å². The zero-order valence-corrected chi connectivity index (χ0v) is 14.4. The van der Waals surface area contributed by atoms with Crippen LogP contribution in [0.5, 0.6) is 0 Å². The van der Waals surface area contributed by atoms with E-state index in [4.69, 9.17) is 9.72 Å². The van der Waals surface area contributed by atoms with E-state index in [2.05, 4.69) is 12.0 Å². The molecule has 1 amide bonds. The number of fused-ring (bicyclic) bond motifs is 1. The standard InChI is InChI=1S/C19H20N4O2/c1-13-3-5-14(6-4-13)17-11-15(16-12-20-22(2)18(16)21-17)19(24)23-7-9-25-10-8-23/h3-6,11-12H,7-10H2,1-2H3. The number of amides is 1. The molecular formula is C19H20N4O2. The fourth-order valence-electron chi connectivity index (χ4n) is 3.10. The Balaban J connectivity index is 1.84. The number of hydrogen-bond acceptors (Lipinski definition) is 4. The molecule has 0 atom stereocenters. The van der Waals surface area contributed by atoms with E-state index >= 15 is 0 Å². The highest BCUT2D eigenvalue weighted by Gasteiger charge is 2.23. The van der Waals surface area contributed by atoms with Gasteiger partial charge in [0.1, 0.15) is 0 Å². The Labute approximate surface area is 146 Å². The first-order chi connectivity index (χ1) is 12.1. The number of nitrogens with zero attached hydrogens (tertiary/aromatic N) is 4. The van der Waals surface area contributed by atoms with Gasteiger partial charge in [0.25, 0.3) is 5.91 Å². The summed E-state index contributed by atoms with van der Waals surface area (Å²) in [4.78, 5) is 19.6. The Morgan fingerprint density at radius 2 is 1.88 bits per heavy atom. The molecule has 1 saturated heterocycles. The van der Waals surface area contributed by atoms with Crippen molar-refractivity contribution in [3.63, 3.8) is 0 Å². The van der Waals surface area contributed by atoms with Gasteiger partial charge in [0.2, 0.25) is 0 Å². The third-order valence-electron chi connectivity index (χ3n) is 4.58. The summed E-state index contributed by atoms with van der Waals surface area (Å²) < 4.78 is 7.07. The van der Waals surface area contributed by atoms with Gasteiger partial charge in [-0.05, 0) is 13.0 Å². The molecule has 0 aliphatic carbocycles. The van der Waals surface area contributed by atoms with Gasteiger partial charge in [-0.15, -0.1) is 0 Å². The van der Waals surface area contributed by atoms with Gasteiger partial charge in [0, 0.05) is 25.7 Å². The van der Waals surface area contributed by atoms with Crippen LogP contribution in [-0.2, 0) is 11.8 Å². The van der Waals surface area contributed by atoms with Gasteiger partial charge in [0.15, 0.2) is 5.65 Å². The van der Waals surface area contributed by atoms with Gasteiger partial charge in [-0.2, -0.15) is 5.10 Å². The first-order valence-electron chi connectivity index (χ1n) is 8.40. The van der Waals surface area contributed by atoms with Crippen molar-refractivity contribution in [1.29, 1.82) is 0 Å². The second-order valence-electron chi connectivity index (χ2n) is 6.33. The van der Waals surface area contributed by atoms with Crippen LogP contribution in [0.25, 0.3) is 22.3 Å². The minimum atomic E-state index is 0.0112. The van der Waals surface area contributed by atoms with Crippen molar-refractivity contribution in [3.8, 4) is 11.3 Å². The maximum absolute atomic E-state index is 13.1. The first-order valence-corrected chi connectivity index (χ1v) is 8.40. The quantitative estimate of drug-likeness (QED) is 0.721. The van der Waals surface area contributed by atoms with Crippen LogP contribution < -0.4 is 0 Å². The monoisotopic (exact) mass is 336 g/mol. The van der Waals surface area contributed by atoms with E-state index in [9.17, 15) is 4.79 Å². The Kier molecular flexibility index (Phi) is 3.97. The summed E-state index contributed by atoms with van der Waals surface area (Å²) in [6.07, 6.45) is 1.72. The summed E-state index contributed by atoms with van der Waals surface area (Å²) >= 11 is 0. The fraction of sp³-hybridized carbons (Fsp3) is 0.316. The normalized spacial score (nSPS) is 14.9. The molecule has 3 heterocycles. The molecule has 128 valence electrons. The number of hydrogen-bond donors (Lipinski definition) is 0. The third kappa shape index (κ3) is 2.89. The van der Waals surface area contributed by atoms with Crippen LogP contribution in [0.15, 0.2) is 36.5 Å². The van der Waals surface area contributed by atoms with Gasteiger partial charge >= 0.3 is 0 Å². The zero-order valence-electron chi connectivity index (χ0n) is 14.4. The van der Waals surface area contributed by atoms with E-state index in [-0.39, 0.29) is 5.91 Å². The Bertz CT molecular complexity index is 924. The van der Waals surface area contributed by atoms with Gasteiger partial charge in [0.05, 0.1) is 36.1 Å². The molecule has 1 aromatic carbocycles. The molecule has 0 unspecified atom stereocenters. The van der Waals surface area contributed by atoms with E-state index < -0.39 is 0 Å². The second-order valence-corrected chi connectivity index (χ2v) is 6.33. The predicted octanol–water partition coefficient (Wildman–Crippen LogP) is 2.42. The summed E-state index contributed by atoms with van der Waals surface area (Å²) in [6.45, 7) is 4.44. The molecule has 1 fully saturated rings. The van der Waals surface area contributed by atoms with E-state index in [1.165, 1.54) is 5.56 Å². The minimum Gasteiger partial charge on any atom is -0.378 e. The molecule has 0 radical (unpaired) electrons. The maximum atomic E-state index is 13.1. The summed E-state index contributed by atoms with van der Waals surface area (Å²) in [5, 5.41) is 5.08. The van der Waals surface area contributed by atoms with Crippen molar-refractivity contribution < 1.29 is 9.53 Å². The number of aryl methyl sites for hydroxylation is 2. The summed E-state index contributed by atoms with van der Waals surface area (Å²) in [5.41, 5.74) is 4.33. The molecule has 2 aromatic heterocycles. The van der Waals surface area contributed by atoms with E-state index in [0.29, 0.717) is 31.9 Å². The number of aromatic nitrogens is 3. The first kappa shape index (κ1) is 15.8.